The van der Waals surface area contributed by atoms with Gasteiger partial charge in [-0.25, -0.2) is 13.2 Å². The smallest absolute Gasteiger partial charge is 0.340 e. The Balaban J connectivity index is 1.53. The van der Waals surface area contributed by atoms with E-state index in [-0.39, 0.29) is 10.5 Å². The molecule has 0 aromatic heterocycles. The van der Waals surface area contributed by atoms with Crippen LogP contribution in [-0.2, 0) is 19.6 Å². The van der Waals surface area contributed by atoms with Gasteiger partial charge < -0.3 is 10.1 Å². The number of carbonyl (C=O) groups excluding carboxylic acids is 2. The quantitative estimate of drug-likeness (QED) is 0.244. The van der Waals surface area contributed by atoms with Crippen LogP contribution in [0.2, 0.25) is 0 Å². The number of nitrogens with zero attached hydrogens (tertiary/aromatic N) is 1. The van der Waals surface area contributed by atoms with E-state index in [0.717, 1.165) is 21.4 Å². The molecule has 3 aromatic rings. The number of carbonyl (C=O) groups is 2. The molecule has 7 nitrogen and oxygen atoms in total. The van der Waals surface area contributed by atoms with Crippen LogP contribution in [0, 0.1) is 0 Å². The number of thioether (sulfide) groups is 1. The normalized spacial score (nSPS) is 11.0. The maximum atomic E-state index is 13.1. The van der Waals surface area contributed by atoms with E-state index in [2.05, 4.69) is 5.32 Å². The zero-order valence-corrected chi connectivity index (χ0v) is 20.3. The predicted molar refractivity (Wildman–Crippen MR) is 134 cm³/mol. The molecule has 3 rings (SSSR count). The lowest BCUT2D eigenvalue weighted by Gasteiger charge is -2.20. The average molecular weight is 499 g/mol. The molecule has 34 heavy (non-hydrogen) atoms. The number of nitrogens with one attached hydrogen (secondary N) is 1. The molecule has 0 aliphatic carbocycles. The van der Waals surface area contributed by atoms with E-state index in [1.807, 2.05) is 30.3 Å². The third-order valence-electron chi connectivity index (χ3n) is 4.85. The van der Waals surface area contributed by atoms with Gasteiger partial charge in [0, 0.05) is 18.5 Å². The van der Waals surface area contributed by atoms with E-state index >= 15 is 0 Å². The van der Waals surface area contributed by atoms with E-state index in [9.17, 15) is 18.0 Å². The zero-order chi connectivity index (χ0) is 24.4. The maximum Gasteiger partial charge on any atom is 0.340 e. The molecule has 0 unspecified atom stereocenters. The van der Waals surface area contributed by atoms with Crippen LogP contribution in [0.25, 0.3) is 0 Å². The van der Waals surface area contributed by atoms with Crippen molar-refractivity contribution in [1.82, 2.24) is 5.32 Å². The zero-order valence-electron chi connectivity index (χ0n) is 18.7. The van der Waals surface area contributed by atoms with Gasteiger partial charge in [-0.2, -0.15) is 0 Å². The molecule has 0 aliphatic heterocycles. The third-order valence-corrected chi connectivity index (χ3v) is 7.80. The van der Waals surface area contributed by atoms with Gasteiger partial charge in [-0.15, -0.1) is 11.8 Å². The molecule has 3 aromatic carbocycles. The lowest BCUT2D eigenvalue weighted by Crippen LogP contribution is -2.31. The lowest BCUT2D eigenvalue weighted by atomic mass is 10.2. The second-order valence-electron chi connectivity index (χ2n) is 7.25. The third kappa shape index (κ3) is 6.85. The van der Waals surface area contributed by atoms with Crippen LogP contribution in [0.3, 0.4) is 0 Å². The summed E-state index contributed by atoms with van der Waals surface area (Å²) in [5, 5.41) is 2.70. The summed E-state index contributed by atoms with van der Waals surface area (Å²) < 4.78 is 32.5. The average Bonchev–Trinajstić information content (AvgIpc) is 2.87. The Morgan fingerprint density at radius 3 is 2.24 bits per heavy atom. The van der Waals surface area contributed by atoms with Crippen molar-refractivity contribution in [3.8, 4) is 0 Å². The number of benzene rings is 3. The Hall–Kier alpha value is -3.30. The van der Waals surface area contributed by atoms with Gasteiger partial charge in [0.05, 0.1) is 11.3 Å². The molecule has 0 spiro atoms. The summed E-state index contributed by atoms with van der Waals surface area (Å²) in [6.45, 7) is -0.0450. The van der Waals surface area contributed by atoms with Crippen LogP contribution < -0.4 is 9.62 Å². The highest BCUT2D eigenvalue weighted by Gasteiger charge is 2.27. The molecule has 0 radical (unpaired) electrons. The van der Waals surface area contributed by atoms with E-state index < -0.39 is 28.5 Å². The minimum atomic E-state index is -4.02. The monoisotopic (exact) mass is 498 g/mol. The summed E-state index contributed by atoms with van der Waals surface area (Å²) in [4.78, 5) is 25.7. The minimum Gasteiger partial charge on any atom is -0.452 e. The number of hydrogen-bond donors (Lipinski definition) is 1. The van der Waals surface area contributed by atoms with Crippen LogP contribution in [0.15, 0.2) is 94.7 Å². The van der Waals surface area contributed by atoms with Gasteiger partial charge in [0.1, 0.15) is 4.90 Å². The van der Waals surface area contributed by atoms with Gasteiger partial charge in [-0.1, -0.05) is 48.5 Å². The SMILES string of the molecule is CN(c1ccccc1)S(=O)(=O)c1ccccc1C(=O)OCC(=O)NCCCSc1ccccc1. The molecule has 1 amide bonds. The van der Waals surface area contributed by atoms with Crippen molar-refractivity contribution in [1.29, 1.82) is 0 Å². The number of hydrogen-bond acceptors (Lipinski definition) is 6. The van der Waals surface area contributed by atoms with Crippen molar-refractivity contribution < 1.29 is 22.7 Å². The first-order chi connectivity index (χ1) is 16.4. The van der Waals surface area contributed by atoms with Crippen LogP contribution >= 0.6 is 11.8 Å². The fourth-order valence-corrected chi connectivity index (χ4v) is 5.30. The first-order valence-electron chi connectivity index (χ1n) is 10.6. The Morgan fingerprint density at radius 2 is 1.53 bits per heavy atom. The summed E-state index contributed by atoms with van der Waals surface area (Å²) in [5.41, 5.74) is 0.327. The Morgan fingerprint density at radius 1 is 0.912 bits per heavy atom. The molecule has 0 heterocycles. The first kappa shape index (κ1) is 25.3. The van der Waals surface area contributed by atoms with E-state index in [1.54, 1.807) is 48.2 Å². The number of sulfonamides is 1. The Labute approximate surface area is 204 Å². The van der Waals surface area contributed by atoms with Gasteiger partial charge in [0.15, 0.2) is 6.61 Å². The van der Waals surface area contributed by atoms with E-state index in [4.69, 9.17) is 4.74 Å². The molecule has 0 atom stereocenters. The fourth-order valence-electron chi connectivity index (χ4n) is 3.05. The molecule has 178 valence electrons. The number of amides is 1. The summed E-state index contributed by atoms with van der Waals surface area (Å²) in [7, 11) is -2.61. The van der Waals surface area contributed by atoms with Gasteiger partial charge in [0.25, 0.3) is 15.9 Å². The number of anilines is 1. The fraction of sp³-hybridized carbons (Fsp3) is 0.200. The highest BCUT2D eigenvalue weighted by Crippen LogP contribution is 2.25. The summed E-state index contributed by atoms with van der Waals surface area (Å²) in [6, 6.07) is 24.3. The van der Waals surface area contributed by atoms with Gasteiger partial charge in [-0.3, -0.25) is 9.10 Å². The summed E-state index contributed by atoms with van der Waals surface area (Å²) >= 11 is 1.69. The molecule has 0 fully saturated rings. The molecule has 0 bridgehead atoms. The lowest BCUT2D eigenvalue weighted by molar-refractivity contribution is -0.124. The number of esters is 1. The number of ether oxygens (including phenoxy) is 1. The second kappa shape index (κ2) is 12.2. The molecular formula is C25H26N2O5S2. The predicted octanol–water partition coefficient (Wildman–Crippen LogP) is 3.97. The van der Waals surface area contributed by atoms with Gasteiger partial charge >= 0.3 is 5.97 Å². The van der Waals surface area contributed by atoms with Crippen LogP contribution in [0.4, 0.5) is 5.69 Å². The van der Waals surface area contributed by atoms with E-state index in [1.165, 1.54) is 25.2 Å². The molecule has 0 aliphatic rings. The van der Waals surface area contributed by atoms with Crippen molar-refractivity contribution in [3.05, 3.63) is 90.5 Å². The molecule has 1 N–H and O–H groups in total. The summed E-state index contributed by atoms with van der Waals surface area (Å²) in [5.74, 6) is -0.486. The Bertz CT molecular complexity index is 1200. The molecule has 9 heteroatoms. The van der Waals surface area contributed by atoms with Crippen LogP contribution in [-0.4, -0.2) is 46.2 Å². The van der Waals surface area contributed by atoms with Crippen LogP contribution in [0.1, 0.15) is 16.8 Å². The van der Waals surface area contributed by atoms with E-state index in [0.29, 0.717) is 12.2 Å². The molecule has 0 saturated heterocycles. The highest BCUT2D eigenvalue weighted by atomic mass is 32.2. The molecular weight excluding hydrogens is 472 g/mol. The largest absolute Gasteiger partial charge is 0.452 e. The summed E-state index contributed by atoms with van der Waals surface area (Å²) in [6.07, 6.45) is 0.756. The van der Waals surface area contributed by atoms with Crippen molar-refractivity contribution in [3.63, 3.8) is 0 Å². The Kier molecular flexibility index (Phi) is 9.12. The number of rotatable bonds is 11. The standard InChI is InChI=1S/C25H26N2O5S2/c1-27(20-11-4-2-5-12-20)34(30,31)23-16-9-8-15-22(23)25(29)32-19-24(28)26-17-10-18-33-21-13-6-3-7-14-21/h2-9,11-16H,10,17-19H2,1H3,(H,26,28). The van der Waals surface area contributed by atoms with Crippen molar-refractivity contribution >= 4 is 39.3 Å². The second-order valence-corrected chi connectivity index (χ2v) is 10.4. The number of para-hydroxylation sites is 1. The highest BCUT2D eigenvalue weighted by molar-refractivity contribution is 7.99. The topological polar surface area (TPSA) is 92.8 Å². The van der Waals surface area contributed by atoms with Crippen molar-refractivity contribution in [2.24, 2.45) is 0 Å². The van der Waals surface area contributed by atoms with Crippen molar-refractivity contribution in [2.75, 3.05) is 30.3 Å². The van der Waals surface area contributed by atoms with Crippen LogP contribution in [0.5, 0.6) is 0 Å². The van der Waals surface area contributed by atoms with Gasteiger partial charge in [0.2, 0.25) is 0 Å². The molecule has 0 saturated carbocycles. The first-order valence-corrected chi connectivity index (χ1v) is 13.1. The van der Waals surface area contributed by atoms with Gasteiger partial charge in [-0.05, 0) is 48.6 Å². The minimum absolute atomic E-state index is 0.127. The van der Waals surface area contributed by atoms with Crippen molar-refractivity contribution in [2.45, 2.75) is 16.2 Å². The maximum absolute atomic E-state index is 13.1.